The van der Waals surface area contributed by atoms with Gasteiger partial charge >= 0.3 is 5.63 Å². The van der Waals surface area contributed by atoms with Gasteiger partial charge in [-0.3, -0.25) is 9.80 Å². The topological polar surface area (TPSA) is 55.1 Å². The van der Waals surface area contributed by atoms with Gasteiger partial charge in [-0.1, -0.05) is 12.8 Å². The van der Waals surface area contributed by atoms with Crippen LogP contribution < -0.4 is 15.1 Å². The first kappa shape index (κ1) is 22.2. The van der Waals surface area contributed by atoms with Crippen LogP contribution in [0.15, 0.2) is 45.6 Å². The van der Waals surface area contributed by atoms with Gasteiger partial charge in [0.05, 0.1) is 5.39 Å². The molecule has 6 nitrogen and oxygen atoms in total. The average Bonchev–Trinajstić information content (AvgIpc) is 2.85. The van der Waals surface area contributed by atoms with Gasteiger partial charge in [0.25, 0.3) is 0 Å². The van der Waals surface area contributed by atoms with E-state index in [1.165, 1.54) is 38.5 Å². The largest absolute Gasteiger partial charge is 0.492 e. The van der Waals surface area contributed by atoms with Crippen LogP contribution in [-0.2, 0) is 0 Å². The van der Waals surface area contributed by atoms with Crippen LogP contribution >= 0.6 is 0 Å². The van der Waals surface area contributed by atoms with E-state index < -0.39 is 0 Å². The van der Waals surface area contributed by atoms with Crippen LogP contribution in [0.3, 0.4) is 0 Å². The number of benzene rings is 2. The highest BCUT2D eigenvalue weighted by Gasteiger charge is 2.13. The van der Waals surface area contributed by atoms with Gasteiger partial charge in [-0.25, -0.2) is 4.79 Å². The number of piperidine rings is 2. The van der Waals surface area contributed by atoms with E-state index >= 15 is 0 Å². The molecule has 33 heavy (non-hydrogen) atoms. The first-order valence-corrected chi connectivity index (χ1v) is 12.5. The molecule has 0 unspecified atom stereocenters. The summed E-state index contributed by atoms with van der Waals surface area (Å²) in [5.74, 6) is 1.45. The maximum Gasteiger partial charge on any atom is 0.344 e. The fourth-order valence-corrected chi connectivity index (χ4v) is 5.02. The van der Waals surface area contributed by atoms with Crippen LogP contribution in [0.1, 0.15) is 38.5 Å². The zero-order valence-electron chi connectivity index (χ0n) is 19.4. The maximum absolute atomic E-state index is 12.7. The minimum atomic E-state index is -0.343. The molecule has 0 spiro atoms. The van der Waals surface area contributed by atoms with E-state index in [4.69, 9.17) is 13.9 Å². The fraction of sp³-hybridized carbons (Fsp3) is 0.519. The van der Waals surface area contributed by atoms with Crippen LogP contribution in [-0.4, -0.2) is 62.3 Å². The number of hydrogen-bond donors (Lipinski definition) is 0. The van der Waals surface area contributed by atoms with E-state index in [1.54, 1.807) is 6.07 Å². The van der Waals surface area contributed by atoms with Crippen molar-refractivity contribution in [1.82, 2.24) is 9.80 Å². The molecule has 0 N–H and O–H groups in total. The summed E-state index contributed by atoms with van der Waals surface area (Å²) in [4.78, 5) is 17.6. The molecule has 0 amide bonds. The molecule has 2 saturated heterocycles. The Morgan fingerprint density at radius 1 is 0.667 bits per heavy atom. The summed E-state index contributed by atoms with van der Waals surface area (Å²) < 4.78 is 17.6. The zero-order valence-corrected chi connectivity index (χ0v) is 19.4. The van der Waals surface area contributed by atoms with Crippen molar-refractivity contribution in [1.29, 1.82) is 0 Å². The molecule has 2 aliphatic rings. The van der Waals surface area contributed by atoms with Crippen molar-refractivity contribution < 1.29 is 13.9 Å². The normalized spacial score (nSPS) is 18.1. The summed E-state index contributed by atoms with van der Waals surface area (Å²) in [7, 11) is 0. The highest BCUT2D eigenvalue weighted by molar-refractivity contribution is 6.04. The Labute approximate surface area is 195 Å². The molecule has 6 heteroatoms. The van der Waals surface area contributed by atoms with E-state index in [9.17, 15) is 4.79 Å². The predicted molar refractivity (Wildman–Crippen MR) is 132 cm³/mol. The third-order valence-electron chi connectivity index (χ3n) is 6.91. The Hall–Kier alpha value is -2.57. The first-order valence-electron chi connectivity index (χ1n) is 12.5. The van der Waals surface area contributed by atoms with Crippen molar-refractivity contribution >= 4 is 21.7 Å². The number of ether oxygens (including phenoxy) is 2. The van der Waals surface area contributed by atoms with Crippen LogP contribution in [0.5, 0.6) is 11.5 Å². The molecule has 0 bridgehead atoms. The maximum atomic E-state index is 12.7. The van der Waals surface area contributed by atoms with Gasteiger partial charge in [-0.15, -0.1) is 0 Å². The third kappa shape index (κ3) is 5.50. The Kier molecular flexibility index (Phi) is 7.12. The van der Waals surface area contributed by atoms with Crippen LogP contribution in [0.25, 0.3) is 21.7 Å². The molecule has 0 aliphatic carbocycles. The molecule has 0 saturated carbocycles. The van der Waals surface area contributed by atoms with E-state index in [0.717, 1.165) is 55.8 Å². The Bertz CT molecular complexity index is 1130. The van der Waals surface area contributed by atoms with Crippen molar-refractivity contribution in [2.24, 2.45) is 0 Å². The number of rotatable bonds is 8. The third-order valence-corrected chi connectivity index (χ3v) is 6.91. The number of hydrogen-bond acceptors (Lipinski definition) is 6. The van der Waals surface area contributed by atoms with Gasteiger partial charge in [0.2, 0.25) is 0 Å². The van der Waals surface area contributed by atoms with Gasteiger partial charge in [-0.05, 0) is 82.2 Å². The van der Waals surface area contributed by atoms with Gasteiger partial charge in [0.1, 0.15) is 30.3 Å². The SMILES string of the molecule is O=c1oc2cc(OCCN3CCCCC3)ccc2c2ccc(OCCN3CCCCC3)cc12. The lowest BCUT2D eigenvalue weighted by Crippen LogP contribution is -2.33. The van der Waals surface area contributed by atoms with Crippen molar-refractivity contribution in [3.8, 4) is 11.5 Å². The average molecular weight is 451 g/mol. The van der Waals surface area contributed by atoms with Crippen molar-refractivity contribution in [2.75, 3.05) is 52.5 Å². The van der Waals surface area contributed by atoms with Crippen LogP contribution in [0.4, 0.5) is 0 Å². The second-order valence-corrected chi connectivity index (χ2v) is 9.26. The lowest BCUT2D eigenvalue weighted by atomic mass is 10.1. The Balaban J connectivity index is 1.25. The quantitative estimate of drug-likeness (QED) is 0.367. The Morgan fingerprint density at radius 2 is 1.21 bits per heavy atom. The number of fused-ring (bicyclic) bond motifs is 3. The Morgan fingerprint density at radius 3 is 1.82 bits per heavy atom. The molecule has 0 atom stereocenters. The minimum absolute atomic E-state index is 0.343. The molecule has 1 aromatic heterocycles. The van der Waals surface area contributed by atoms with Crippen molar-refractivity contribution in [2.45, 2.75) is 38.5 Å². The number of nitrogens with zero attached hydrogens (tertiary/aromatic N) is 2. The molecule has 2 aromatic carbocycles. The van der Waals surface area contributed by atoms with Crippen LogP contribution in [0.2, 0.25) is 0 Å². The molecular formula is C27H34N2O4. The van der Waals surface area contributed by atoms with Gasteiger partial charge in [-0.2, -0.15) is 0 Å². The van der Waals surface area contributed by atoms with Crippen LogP contribution in [0, 0.1) is 0 Å². The summed E-state index contributed by atoms with van der Waals surface area (Å²) in [6.45, 7) is 7.74. The minimum Gasteiger partial charge on any atom is -0.492 e. The summed E-state index contributed by atoms with van der Waals surface area (Å²) >= 11 is 0. The van der Waals surface area contributed by atoms with E-state index in [2.05, 4.69) is 9.80 Å². The van der Waals surface area contributed by atoms with E-state index in [-0.39, 0.29) is 5.63 Å². The molecule has 2 aliphatic heterocycles. The predicted octanol–water partition coefficient (Wildman–Crippen LogP) is 4.68. The van der Waals surface area contributed by atoms with Gasteiger partial charge in [0.15, 0.2) is 0 Å². The lowest BCUT2D eigenvalue weighted by molar-refractivity contribution is 0.183. The fourth-order valence-electron chi connectivity index (χ4n) is 5.02. The molecule has 3 heterocycles. The van der Waals surface area contributed by atoms with Crippen molar-refractivity contribution in [3.05, 3.63) is 46.8 Å². The molecular weight excluding hydrogens is 416 g/mol. The monoisotopic (exact) mass is 450 g/mol. The number of likely N-dealkylation sites (tertiary alicyclic amines) is 2. The lowest BCUT2D eigenvalue weighted by Gasteiger charge is -2.26. The summed E-state index contributed by atoms with van der Waals surface area (Å²) in [6.07, 6.45) is 7.77. The summed E-state index contributed by atoms with van der Waals surface area (Å²) in [6, 6.07) is 11.5. The highest BCUT2D eigenvalue weighted by Crippen LogP contribution is 2.28. The molecule has 0 radical (unpaired) electrons. The summed E-state index contributed by atoms with van der Waals surface area (Å²) in [5.41, 5.74) is 0.214. The molecule has 3 aromatic rings. The van der Waals surface area contributed by atoms with E-state index in [1.807, 2.05) is 30.3 Å². The van der Waals surface area contributed by atoms with Crippen molar-refractivity contribution in [3.63, 3.8) is 0 Å². The molecule has 176 valence electrons. The zero-order chi connectivity index (χ0) is 22.5. The second-order valence-electron chi connectivity index (χ2n) is 9.26. The first-order chi connectivity index (χ1) is 16.3. The smallest absolute Gasteiger partial charge is 0.344 e. The second kappa shape index (κ2) is 10.6. The molecule has 5 rings (SSSR count). The van der Waals surface area contributed by atoms with E-state index in [0.29, 0.717) is 29.9 Å². The molecule has 2 fully saturated rings. The van der Waals surface area contributed by atoms with Gasteiger partial charge < -0.3 is 13.9 Å². The highest BCUT2D eigenvalue weighted by atomic mass is 16.5. The summed E-state index contributed by atoms with van der Waals surface area (Å²) in [5, 5.41) is 2.34. The standard InChI is InChI=1S/C27H34N2O4/c30-27-25-19-21(31-17-15-28-11-3-1-4-12-28)7-9-23(25)24-10-8-22(20-26(24)33-27)32-18-16-29-13-5-2-6-14-29/h7-10,19-20H,1-6,11-18H2. The van der Waals surface area contributed by atoms with Gasteiger partial charge in [0, 0.05) is 29.9 Å².